The van der Waals surface area contributed by atoms with Crippen LogP contribution in [-0.4, -0.2) is 39.9 Å². The van der Waals surface area contributed by atoms with Gasteiger partial charge in [0.2, 0.25) is 5.95 Å². The molecule has 0 saturated heterocycles. The molecule has 10 heteroatoms. The lowest BCUT2D eigenvalue weighted by Gasteiger charge is -2.20. The highest BCUT2D eigenvalue weighted by Crippen LogP contribution is 2.28. The fraction of sp³-hybridized carbons (Fsp3) is 0.333. The number of benzene rings is 1. The zero-order chi connectivity index (χ0) is 25.0. The highest BCUT2D eigenvalue weighted by Gasteiger charge is 2.21. The molecule has 7 nitrogen and oxygen atoms in total. The van der Waals surface area contributed by atoms with Gasteiger partial charge in [-0.2, -0.15) is 5.26 Å². The van der Waals surface area contributed by atoms with Crippen LogP contribution in [0.15, 0.2) is 48.0 Å². The SMILES string of the molecule is CN(CCn1c(NC(=O)c2ccc(C(F)F)s2)nc2ccccc21)C(=O)/C(C#N)=C/C(C)(C)C. The van der Waals surface area contributed by atoms with Crippen LogP contribution in [0.25, 0.3) is 11.0 Å². The van der Waals surface area contributed by atoms with E-state index in [9.17, 15) is 23.6 Å². The number of thiophene rings is 1. The third-order valence-electron chi connectivity index (χ3n) is 4.88. The summed E-state index contributed by atoms with van der Waals surface area (Å²) in [5, 5.41) is 12.1. The van der Waals surface area contributed by atoms with Crippen LogP contribution in [0.3, 0.4) is 0 Å². The largest absolute Gasteiger partial charge is 0.339 e. The molecule has 0 radical (unpaired) electrons. The molecule has 2 aromatic heterocycles. The lowest BCUT2D eigenvalue weighted by Crippen LogP contribution is -2.31. The second kappa shape index (κ2) is 10.1. The van der Waals surface area contributed by atoms with E-state index in [4.69, 9.17) is 0 Å². The van der Waals surface area contributed by atoms with Crippen LogP contribution in [0.1, 0.15) is 41.7 Å². The Morgan fingerprint density at radius 2 is 1.97 bits per heavy atom. The quantitative estimate of drug-likeness (QED) is 0.366. The monoisotopic (exact) mass is 485 g/mol. The molecule has 1 aromatic carbocycles. The standard InChI is InChI=1S/C24H25F2N5O2S/c1-24(2,3)13-15(14-27)22(33)30(4)11-12-31-17-8-6-5-7-16(17)28-23(31)29-21(32)19-10-9-18(34-19)20(25)26/h5-10,13,20H,11-12H2,1-4H3,(H,28,29,32)/b15-13+. The van der Waals surface area contributed by atoms with Gasteiger partial charge in [-0.1, -0.05) is 39.0 Å². The summed E-state index contributed by atoms with van der Waals surface area (Å²) >= 11 is 0.724. The van der Waals surface area contributed by atoms with Crippen molar-refractivity contribution in [1.29, 1.82) is 5.26 Å². The van der Waals surface area contributed by atoms with Crippen molar-refractivity contribution in [1.82, 2.24) is 14.5 Å². The van der Waals surface area contributed by atoms with Crippen molar-refractivity contribution < 1.29 is 18.4 Å². The molecule has 0 bridgehead atoms. The number of alkyl halides is 2. The number of aromatic nitrogens is 2. The minimum Gasteiger partial charge on any atom is -0.339 e. The third-order valence-corrected chi connectivity index (χ3v) is 5.97. The van der Waals surface area contributed by atoms with Crippen molar-refractivity contribution >= 4 is 40.1 Å². The van der Waals surface area contributed by atoms with E-state index in [-0.39, 0.29) is 33.2 Å². The highest BCUT2D eigenvalue weighted by molar-refractivity contribution is 7.14. The van der Waals surface area contributed by atoms with E-state index in [0.717, 1.165) is 16.9 Å². The number of carbonyl (C=O) groups excluding carboxylic acids is 2. The summed E-state index contributed by atoms with van der Waals surface area (Å²) in [4.78, 5) is 31.3. The molecule has 0 saturated carbocycles. The number of nitrogens with one attached hydrogen (secondary N) is 1. The van der Waals surface area contributed by atoms with Crippen LogP contribution in [0.5, 0.6) is 0 Å². The maximum atomic E-state index is 12.9. The number of carbonyl (C=O) groups is 2. The molecule has 0 unspecified atom stereocenters. The summed E-state index contributed by atoms with van der Waals surface area (Å²) in [6, 6.07) is 11.8. The van der Waals surface area contributed by atoms with E-state index < -0.39 is 18.2 Å². The second-order valence-corrected chi connectivity index (χ2v) is 9.91. The number of hydrogen-bond donors (Lipinski definition) is 1. The number of fused-ring (bicyclic) bond motifs is 1. The fourth-order valence-electron chi connectivity index (χ4n) is 3.28. The van der Waals surface area contributed by atoms with Gasteiger partial charge in [0.25, 0.3) is 18.2 Å². The highest BCUT2D eigenvalue weighted by atomic mass is 32.1. The minimum atomic E-state index is -2.64. The number of likely N-dealkylation sites (N-methyl/N-ethyl adjacent to an activating group) is 1. The van der Waals surface area contributed by atoms with Crippen molar-refractivity contribution in [2.75, 3.05) is 18.9 Å². The van der Waals surface area contributed by atoms with Crippen molar-refractivity contribution in [3.8, 4) is 6.07 Å². The predicted octanol–water partition coefficient (Wildman–Crippen LogP) is 5.24. The Balaban J connectivity index is 1.82. The molecule has 0 aliphatic heterocycles. The van der Waals surface area contributed by atoms with Gasteiger partial charge < -0.3 is 9.47 Å². The number of allylic oxidation sites excluding steroid dienone is 1. The molecular weight excluding hydrogens is 460 g/mol. The van der Waals surface area contributed by atoms with Crippen LogP contribution < -0.4 is 5.32 Å². The summed E-state index contributed by atoms with van der Waals surface area (Å²) in [5.74, 6) is -0.701. The van der Waals surface area contributed by atoms with E-state index in [1.54, 1.807) is 23.8 Å². The topological polar surface area (TPSA) is 91.0 Å². The minimum absolute atomic E-state index is 0.0616. The van der Waals surface area contributed by atoms with E-state index in [1.807, 2.05) is 45.0 Å². The average molecular weight is 486 g/mol. The fourth-order valence-corrected chi connectivity index (χ4v) is 4.04. The van der Waals surface area contributed by atoms with E-state index >= 15 is 0 Å². The third kappa shape index (κ3) is 5.85. The number of anilines is 1. The zero-order valence-corrected chi connectivity index (χ0v) is 20.1. The molecule has 2 amide bonds. The molecule has 0 aliphatic carbocycles. The zero-order valence-electron chi connectivity index (χ0n) is 19.3. The van der Waals surface area contributed by atoms with Gasteiger partial charge in [0.1, 0.15) is 11.6 Å². The van der Waals surface area contributed by atoms with Crippen LogP contribution in [0.4, 0.5) is 14.7 Å². The molecule has 1 N–H and O–H groups in total. The van der Waals surface area contributed by atoms with Gasteiger partial charge in [-0.05, 0) is 29.7 Å². The Morgan fingerprint density at radius 3 is 2.59 bits per heavy atom. The molecule has 178 valence electrons. The number of rotatable bonds is 7. The smallest absolute Gasteiger partial charge is 0.272 e. The molecule has 0 fully saturated rings. The summed E-state index contributed by atoms with van der Waals surface area (Å²) < 4.78 is 27.5. The van der Waals surface area contributed by atoms with Gasteiger partial charge >= 0.3 is 0 Å². The van der Waals surface area contributed by atoms with Gasteiger partial charge in [0, 0.05) is 20.1 Å². The first-order valence-corrected chi connectivity index (χ1v) is 11.3. The van der Waals surface area contributed by atoms with Gasteiger partial charge in [0.15, 0.2) is 0 Å². The van der Waals surface area contributed by atoms with Crippen LogP contribution >= 0.6 is 11.3 Å². The van der Waals surface area contributed by atoms with Crippen LogP contribution in [-0.2, 0) is 11.3 Å². The van der Waals surface area contributed by atoms with Crippen molar-refractivity contribution in [2.24, 2.45) is 5.41 Å². The van der Waals surface area contributed by atoms with E-state index in [0.29, 0.717) is 12.1 Å². The molecule has 3 aromatic rings. The first kappa shape index (κ1) is 25.1. The number of nitriles is 1. The lowest BCUT2D eigenvalue weighted by molar-refractivity contribution is -0.125. The normalized spacial score (nSPS) is 12.1. The summed E-state index contributed by atoms with van der Waals surface area (Å²) in [6.07, 6.45) is -1.01. The molecule has 2 heterocycles. The summed E-state index contributed by atoms with van der Waals surface area (Å²) in [7, 11) is 1.60. The number of imidazole rings is 1. The van der Waals surface area contributed by atoms with Crippen LogP contribution in [0.2, 0.25) is 0 Å². The van der Waals surface area contributed by atoms with E-state index in [1.165, 1.54) is 17.0 Å². The Labute approximate surface area is 200 Å². The molecule has 0 aliphatic rings. The van der Waals surface area contributed by atoms with Crippen LogP contribution in [0, 0.1) is 16.7 Å². The van der Waals surface area contributed by atoms with Crippen molar-refractivity contribution in [3.05, 3.63) is 57.8 Å². The molecule has 0 spiro atoms. The summed E-state index contributed by atoms with van der Waals surface area (Å²) in [6.45, 7) is 6.26. The Bertz CT molecular complexity index is 1280. The van der Waals surface area contributed by atoms with Gasteiger partial charge in [-0.3, -0.25) is 14.9 Å². The van der Waals surface area contributed by atoms with Gasteiger partial charge in [0.05, 0.1) is 20.8 Å². The average Bonchev–Trinajstić information content (AvgIpc) is 3.40. The van der Waals surface area contributed by atoms with E-state index in [2.05, 4.69) is 10.3 Å². The maximum Gasteiger partial charge on any atom is 0.272 e. The molecule has 3 rings (SSSR count). The Morgan fingerprint density at radius 1 is 1.26 bits per heavy atom. The predicted molar refractivity (Wildman–Crippen MR) is 128 cm³/mol. The van der Waals surface area contributed by atoms with Gasteiger partial charge in [-0.15, -0.1) is 11.3 Å². The number of para-hydroxylation sites is 2. The number of nitrogens with zero attached hydrogens (tertiary/aromatic N) is 4. The van der Waals surface area contributed by atoms with Crippen molar-refractivity contribution in [2.45, 2.75) is 33.7 Å². The Kier molecular flexibility index (Phi) is 7.47. The first-order chi connectivity index (χ1) is 16.0. The molecular formula is C24H25F2N5O2S. The number of halogens is 2. The molecule has 0 atom stereocenters. The maximum absolute atomic E-state index is 12.9. The first-order valence-electron chi connectivity index (χ1n) is 10.5. The summed E-state index contributed by atoms with van der Waals surface area (Å²) in [5.41, 5.74) is 1.11. The second-order valence-electron chi connectivity index (χ2n) is 8.80. The Hall–Kier alpha value is -3.58. The van der Waals surface area contributed by atoms with Gasteiger partial charge in [-0.25, -0.2) is 13.8 Å². The van der Waals surface area contributed by atoms with Crippen molar-refractivity contribution in [3.63, 3.8) is 0 Å². The number of amides is 2. The lowest BCUT2D eigenvalue weighted by atomic mass is 9.93. The number of hydrogen-bond acceptors (Lipinski definition) is 5. The molecule has 34 heavy (non-hydrogen) atoms.